The number of anilines is 1. The van der Waals surface area contributed by atoms with Crippen molar-refractivity contribution >= 4 is 5.69 Å². The lowest BCUT2D eigenvalue weighted by Gasteiger charge is -2.32. The lowest BCUT2D eigenvalue weighted by molar-refractivity contribution is 0.322. The van der Waals surface area contributed by atoms with Crippen LogP contribution in [0.2, 0.25) is 0 Å². The van der Waals surface area contributed by atoms with Crippen molar-refractivity contribution in [1.29, 1.82) is 0 Å². The Balaban J connectivity index is 2.00. The van der Waals surface area contributed by atoms with Crippen LogP contribution in [-0.2, 0) is 0 Å². The Kier molecular flexibility index (Phi) is 4.48. The largest absolute Gasteiger partial charge is 0.495 e. The lowest BCUT2D eigenvalue weighted by Crippen LogP contribution is -2.44. The minimum absolute atomic E-state index is 0.587. The van der Waals surface area contributed by atoms with Crippen molar-refractivity contribution in [1.82, 2.24) is 5.32 Å². The topological polar surface area (TPSA) is 24.5 Å². The molecule has 1 aromatic carbocycles. The predicted octanol–water partition coefficient (Wildman–Crippen LogP) is 2.52. The van der Waals surface area contributed by atoms with Gasteiger partial charge in [0.05, 0.1) is 12.8 Å². The predicted molar refractivity (Wildman–Crippen MR) is 76.5 cm³/mol. The normalized spacial score (nSPS) is 23.7. The molecule has 1 saturated heterocycles. The summed E-state index contributed by atoms with van der Waals surface area (Å²) >= 11 is 0. The standard InChI is InChI=1S/C15H24N2O/c1-12-8-9-16-13(10-12)11-17(2)14-6-4-5-7-15(14)18-3/h4-7,12-13,16H,8-11H2,1-3H3. The van der Waals surface area contributed by atoms with Crippen LogP contribution in [0.5, 0.6) is 5.75 Å². The van der Waals surface area contributed by atoms with Gasteiger partial charge in [0.15, 0.2) is 0 Å². The molecule has 2 rings (SSSR count). The van der Waals surface area contributed by atoms with Crippen LogP contribution in [0.15, 0.2) is 24.3 Å². The van der Waals surface area contributed by atoms with Gasteiger partial charge in [-0.2, -0.15) is 0 Å². The van der Waals surface area contributed by atoms with Crippen molar-refractivity contribution < 1.29 is 4.74 Å². The fourth-order valence-corrected chi connectivity index (χ4v) is 2.73. The van der Waals surface area contributed by atoms with Crippen molar-refractivity contribution in [2.45, 2.75) is 25.8 Å². The molecule has 1 N–H and O–H groups in total. The highest BCUT2D eigenvalue weighted by atomic mass is 16.5. The molecule has 0 aliphatic carbocycles. The molecular formula is C15H24N2O. The summed E-state index contributed by atoms with van der Waals surface area (Å²) in [5.74, 6) is 1.78. The van der Waals surface area contributed by atoms with Gasteiger partial charge in [-0.25, -0.2) is 0 Å². The summed E-state index contributed by atoms with van der Waals surface area (Å²) in [6.07, 6.45) is 2.56. The van der Waals surface area contributed by atoms with Gasteiger partial charge in [-0.1, -0.05) is 19.1 Å². The second kappa shape index (κ2) is 6.10. The molecule has 1 heterocycles. The zero-order chi connectivity index (χ0) is 13.0. The van der Waals surface area contributed by atoms with E-state index >= 15 is 0 Å². The van der Waals surface area contributed by atoms with Gasteiger partial charge in [0, 0.05) is 19.6 Å². The summed E-state index contributed by atoms with van der Waals surface area (Å²) in [4.78, 5) is 2.29. The number of para-hydroxylation sites is 2. The third kappa shape index (κ3) is 3.16. The zero-order valence-corrected chi connectivity index (χ0v) is 11.6. The van der Waals surface area contributed by atoms with E-state index in [-0.39, 0.29) is 0 Å². The number of benzene rings is 1. The van der Waals surface area contributed by atoms with Crippen LogP contribution in [0.3, 0.4) is 0 Å². The molecule has 0 saturated carbocycles. The zero-order valence-electron chi connectivity index (χ0n) is 11.6. The molecule has 0 amide bonds. The monoisotopic (exact) mass is 248 g/mol. The van der Waals surface area contributed by atoms with Crippen molar-refractivity contribution in [3.8, 4) is 5.75 Å². The molecule has 1 aliphatic rings. The van der Waals surface area contributed by atoms with Crippen molar-refractivity contribution in [3.05, 3.63) is 24.3 Å². The molecule has 1 fully saturated rings. The quantitative estimate of drug-likeness (QED) is 0.886. The Morgan fingerprint density at radius 2 is 2.17 bits per heavy atom. The van der Waals surface area contributed by atoms with Crippen LogP contribution >= 0.6 is 0 Å². The molecule has 1 aromatic rings. The minimum atomic E-state index is 0.587. The molecule has 18 heavy (non-hydrogen) atoms. The summed E-state index contributed by atoms with van der Waals surface area (Å²) in [6.45, 7) is 4.52. The molecule has 1 aliphatic heterocycles. The summed E-state index contributed by atoms with van der Waals surface area (Å²) in [5, 5.41) is 3.61. The highest BCUT2D eigenvalue weighted by molar-refractivity contribution is 5.57. The van der Waals surface area contributed by atoms with Crippen LogP contribution in [0.25, 0.3) is 0 Å². The van der Waals surface area contributed by atoms with E-state index in [1.54, 1.807) is 7.11 Å². The Labute approximate surface area is 110 Å². The smallest absolute Gasteiger partial charge is 0.142 e. The number of nitrogens with zero attached hydrogens (tertiary/aromatic N) is 1. The summed E-state index contributed by atoms with van der Waals surface area (Å²) < 4.78 is 5.41. The number of ether oxygens (including phenoxy) is 1. The first-order valence-corrected chi connectivity index (χ1v) is 6.78. The summed E-state index contributed by atoms with van der Waals surface area (Å²) in [5.41, 5.74) is 1.17. The number of rotatable bonds is 4. The van der Waals surface area contributed by atoms with Gasteiger partial charge in [-0.05, 0) is 37.4 Å². The summed E-state index contributed by atoms with van der Waals surface area (Å²) in [6, 6.07) is 8.79. The van der Waals surface area contributed by atoms with E-state index in [1.807, 2.05) is 12.1 Å². The Bertz CT molecular complexity index is 381. The highest BCUT2D eigenvalue weighted by Gasteiger charge is 2.20. The Morgan fingerprint density at radius 3 is 2.89 bits per heavy atom. The van der Waals surface area contributed by atoms with Gasteiger partial charge in [-0.15, -0.1) is 0 Å². The van der Waals surface area contributed by atoms with Gasteiger partial charge in [0.1, 0.15) is 5.75 Å². The molecule has 0 aromatic heterocycles. The number of likely N-dealkylation sites (N-methyl/N-ethyl adjacent to an activating group) is 1. The van der Waals surface area contributed by atoms with Crippen LogP contribution in [0.1, 0.15) is 19.8 Å². The van der Waals surface area contributed by atoms with Gasteiger partial charge in [0.25, 0.3) is 0 Å². The first-order valence-electron chi connectivity index (χ1n) is 6.78. The van der Waals surface area contributed by atoms with E-state index < -0.39 is 0 Å². The van der Waals surface area contributed by atoms with Crippen molar-refractivity contribution in [2.24, 2.45) is 5.92 Å². The molecular weight excluding hydrogens is 224 g/mol. The molecule has 2 atom stereocenters. The molecule has 100 valence electrons. The molecule has 0 radical (unpaired) electrons. The summed E-state index contributed by atoms with van der Waals surface area (Å²) in [7, 11) is 3.87. The number of hydrogen-bond donors (Lipinski definition) is 1. The van der Waals surface area contributed by atoms with E-state index in [9.17, 15) is 0 Å². The molecule has 3 heteroatoms. The SMILES string of the molecule is COc1ccccc1N(C)CC1CC(C)CCN1. The van der Waals surface area contributed by atoms with Crippen molar-refractivity contribution in [2.75, 3.05) is 32.1 Å². The maximum atomic E-state index is 5.41. The maximum absolute atomic E-state index is 5.41. The van der Waals surface area contributed by atoms with Gasteiger partial charge < -0.3 is 15.0 Å². The third-order valence-corrected chi connectivity index (χ3v) is 3.75. The van der Waals surface area contributed by atoms with E-state index in [2.05, 4.69) is 36.3 Å². The van der Waals surface area contributed by atoms with Crippen LogP contribution in [0.4, 0.5) is 5.69 Å². The second-order valence-corrected chi connectivity index (χ2v) is 5.33. The van der Waals surface area contributed by atoms with Crippen LogP contribution in [-0.4, -0.2) is 33.3 Å². The fraction of sp³-hybridized carbons (Fsp3) is 0.600. The maximum Gasteiger partial charge on any atom is 0.142 e. The van der Waals surface area contributed by atoms with Gasteiger partial charge in [0.2, 0.25) is 0 Å². The van der Waals surface area contributed by atoms with Crippen molar-refractivity contribution in [3.63, 3.8) is 0 Å². The first kappa shape index (κ1) is 13.2. The third-order valence-electron chi connectivity index (χ3n) is 3.75. The van der Waals surface area contributed by atoms with E-state index in [1.165, 1.54) is 18.5 Å². The number of methoxy groups -OCH3 is 1. The Hall–Kier alpha value is -1.22. The molecule has 0 spiro atoms. The fourth-order valence-electron chi connectivity index (χ4n) is 2.73. The second-order valence-electron chi connectivity index (χ2n) is 5.33. The number of piperidine rings is 1. The van der Waals surface area contributed by atoms with E-state index in [0.717, 1.165) is 24.8 Å². The van der Waals surface area contributed by atoms with Crippen LogP contribution < -0.4 is 15.0 Å². The molecule has 0 bridgehead atoms. The highest BCUT2D eigenvalue weighted by Crippen LogP contribution is 2.27. The molecule has 3 nitrogen and oxygen atoms in total. The average Bonchev–Trinajstić information content (AvgIpc) is 2.38. The van der Waals surface area contributed by atoms with E-state index in [4.69, 9.17) is 4.74 Å². The van der Waals surface area contributed by atoms with Gasteiger partial charge >= 0.3 is 0 Å². The van der Waals surface area contributed by atoms with Gasteiger partial charge in [-0.3, -0.25) is 0 Å². The average molecular weight is 248 g/mol. The molecule has 2 unspecified atom stereocenters. The lowest BCUT2D eigenvalue weighted by atomic mass is 9.94. The number of hydrogen-bond acceptors (Lipinski definition) is 3. The number of nitrogens with one attached hydrogen (secondary N) is 1. The minimum Gasteiger partial charge on any atom is -0.495 e. The first-order chi connectivity index (χ1) is 8.70. The van der Waals surface area contributed by atoms with E-state index in [0.29, 0.717) is 6.04 Å². The Morgan fingerprint density at radius 1 is 1.39 bits per heavy atom. The van der Waals surface area contributed by atoms with Crippen LogP contribution in [0, 0.1) is 5.92 Å².